The highest BCUT2D eigenvalue weighted by molar-refractivity contribution is 7.16. The molecule has 1 aromatic heterocycles. The summed E-state index contributed by atoms with van der Waals surface area (Å²) in [6, 6.07) is 7.84. The molecule has 1 aliphatic carbocycles. The molecule has 0 unspecified atom stereocenters. The lowest BCUT2D eigenvalue weighted by Crippen LogP contribution is -2.24. The van der Waals surface area contributed by atoms with E-state index in [1.807, 2.05) is 31.2 Å². The van der Waals surface area contributed by atoms with Gasteiger partial charge in [-0.25, -0.2) is 4.98 Å². The molecule has 0 atom stereocenters. The van der Waals surface area contributed by atoms with Crippen LogP contribution in [0.5, 0.6) is 5.75 Å². The fraction of sp³-hybridized carbons (Fsp3) is 0.444. The molecule has 0 spiro atoms. The summed E-state index contributed by atoms with van der Waals surface area (Å²) in [4.78, 5) is 18.1. The van der Waals surface area contributed by atoms with Crippen molar-refractivity contribution in [3.63, 3.8) is 0 Å². The van der Waals surface area contributed by atoms with Crippen LogP contribution in [0.4, 0.5) is 5.13 Å². The van der Waals surface area contributed by atoms with Crippen LogP contribution in [0.25, 0.3) is 11.3 Å². The van der Waals surface area contributed by atoms with Gasteiger partial charge in [0.05, 0.1) is 12.8 Å². The zero-order valence-electron chi connectivity index (χ0n) is 13.6. The number of anilines is 1. The van der Waals surface area contributed by atoms with Crippen molar-refractivity contribution in [1.82, 2.24) is 4.98 Å². The van der Waals surface area contributed by atoms with Crippen molar-refractivity contribution in [2.75, 3.05) is 12.4 Å². The quantitative estimate of drug-likeness (QED) is 0.888. The predicted octanol–water partition coefficient (Wildman–Crippen LogP) is 4.65. The maximum absolute atomic E-state index is 12.3. The topological polar surface area (TPSA) is 51.2 Å². The van der Waals surface area contributed by atoms with E-state index >= 15 is 0 Å². The van der Waals surface area contributed by atoms with E-state index in [0.717, 1.165) is 47.6 Å². The van der Waals surface area contributed by atoms with E-state index in [0.29, 0.717) is 5.13 Å². The Labute approximate surface area is 140 Å². The fourth-order valence-electron chi connectivity index (χ4n) is 3.04. The summed E-state index contributed by atoms with van der Waals surface area (Å²) in [7, 11) is 1.65. The van der Waals surface area contributed by atoms with Gasteiger partial charge in [0.25, 0.3) is 0 Å². The molecule has 0 bridgehead atoms. The number of methoxy groups -OCH3 is 1. The zero-order chi connectivity index (χ0) is 16.2. The number of carbonyl (C=O) groups is 1. The highest BCUT2D eigenvalue weighted by Crippen LogP contribution is 2.32. The van der Waals surface area contributed by atoms with Crippen molar-refractivity contribution in [1.29, 1.82) is 0 Å². The van der Waals surface area contributed by atoms with Crippen LogP contribution in [0.15, 0.2) is 24.3 Å². The lowest BCUT2D eigenvalue weighted by molar-refractivity contribution is -0.120. The summed E-state index contributed by atoms with van der Waals surface area (Å²) in [6.45, 7) is 2.04. The Kier molecular flexibility index (Phi) is 4.96. The van der Waals surface area contributed by atoms with E-state index in [1.165, 1.54) is 17.8 Å². The largest absolute Gasteiger partial charge is 0.497 e. The first-order chi connectivity index (χ1) is 11.2. The van der Waals surface area contributed by atoms with E-state index in [1.54, 1.807) is 7.11 Å². The van der Waals surface area contributed by atoms with Crippen LogP contribution in [-0.2, 0) is 4.79 Å². The first-order valence-electron chi connectivity index (χ1n) is 8.10. The van der Waals surface area contributed by atoms with Crippen molar-refractivity contribution >= 4 is 22.4 Å². The Morgan fingerprint density at radius 2 is 1.91 bits per heavy atom. The number of amides is 1. The Hall–Kier alpha value is -1.88. The zero-order valence-corrected chi connectivity index (χ0v) is 14.4. The van der Waals surface area contributed by atoms with Gasteiger partial charge in [-0.1, -0.05) is 19.3 Å². The second kappa shape index (κ2) is 7.13. The van der Waals surface area contributed by atoms with Gasteiger partial charge in [-0.15, -0.1) is 11.3 Å². The third kappa shape index (κ3) is 3.72. The predicted molar refractivity (Wildman–Crippen MR) is 94.0 cm³/mol. The summed E-state index contributed by atoms with van der Waals surface area (Å²) in [6.07, 6.45) is 5.57. The minimum atomic E-state index is 0.125. The van der Waals surface area contributed by atoms with E-state index in [2.05, 4.69) is 10.3 Å². The highest BCUT2D eigenvalue weighted by atomic mass is 32.1. The molecule has 3 rings (SSSR count). The smallest absolute Gasteiger partial charge is 0.229 e. The minimum absolute atomic E-state index is 0.125. The van der Waals surface area contributed by atoms with Gasteiger partial charge in [-0.05, 0) is 44.0 Å². The fourth-order valence-corrected chi connectivity index (χ4v) is 3.88. The number of benzene rings is 1. The van der Waals surface area contributed by atoms with Crippen molar-refractivity contribution in [2.45, 2.75) is 39.0 Å². The second-order valence-electron chi connectivity index (χ2n) is 5.98. The number of aryl methyl sites for hydroxylation is 1. The Morgan fingerprint density at radius 1 is 1.22 bits per heavy atom. The standard InChI is InChI=1S/C18H22N2O2S/c1-12-16(13-8-10-15(22-2)11-9-13)19-18(23-12)20-17(21)14-6-4-3-5-7-14/h8-11,14H,3-7H2,1-2H3,(H,19,20,21). The molecule has 1 saturated carbocycles. The third-order valence-corrected chi connectivity index (χ3v) is 5.25. The lowest BCUT2D eigenvalue weighted by atomic mass is 9.89. The molecular weight excluding hydrogens is 308 g/mol. The van der Waals surface area contributed by atoms with Crippen LogP contribution in [0.2, 0.25) is 0 Å². The van der Waals surface area contributed by atoms with Gasteiger partial charge >= 0.3 is 0 Å². The number of carbonyl (C=O) groups excluding carboxylic acids is 1. The number of ether oxygens (including phenoxy) is 1. The number of aromatic nitrogens is 1. The van der Waals surface area contributed by atoms with Gasteiger partial charge in [0.15, 0.2) is 5.13 Å². The van der Waals surface area contributed by atoms with Crippen LogP contribution in [0.3, 0.4) is 0 Å². The normalized spacial score (nSPS) is 15.4. The molecule has 1 amide bonds. The molecule has 0 saturated heterocycles. The van der Waals surface area contributed by atoms with Crippen LogP contribution in [-0.4, -0.2) is 18.0 Å². The summed E-state index contributed by atoms with van der Waals surface area (Å²) in [5, 5.41) is 3.71. The average Bonchev–Trinajstić information content (AvgIpc) is 2.96. The van der Waals surface area contributed by atoms with Crippen LogP contribution in [0.1, 0.15) is 37.0 Å². The van der Waals surface area contributed by atoms with Crippen LogP contribution >= 0.6 is 11.3 Å². The summed E-state index contributed by atoms with van der Waals surface area (Å²) >= 11 is 1.54. The molecule has 23 heavy (non-hydrogen) atoms. The van der Waals surface area contributed by atoms with Gasteiger partial charge in [-0.2, -0.15) is 0 Å². The van der Waals surface area contributed by atoms with Crippen molar-refractivity contribution in [2.24, 2.45) is 5.92 Å². The van der Waals surface area contributed by atoms with Crippen molar-refractivity contribution in [3.8, 4) is 17.0 Å². The average molecular weight is 330 g/mol. The molecule has 122 valence electrons. The summed E-state index contributed by atoms with van der Waals surface area (Å²) in [5.74, 6) is 1.10. The third-order valence-electron chi connectivity index (χ3n) is 4.37. The molecule has 0 aliphatic heterocycles. The monoisotopic (exact) mass is 330 g/mol. The van der Waals surface area contributed by atoms with Crippen LogP contribution in [0, 0.1) is 12.8 Å². The number of hydrogen-bond donors (Lipinski definition) is 1. The number of rotatable bonds is 4. The first-order valence-corrected chi connectivity index (χ1v) is 8.91. The van der Waals surface area contributed by atoms with Gasteiger partial charge in [-0.3, -0.25) is 4.79 Å². The summed E-state index contributed by atoms with van der Waals surface area (Å²) < 4.78 is 5.19. The van der Waals surface area contributed by atoms with Gasteiger partial charge in [0, 0.05) is 16.4 Å². The molecular formula is C18H22N2O2S. The highest BCUT2D eigenvalue weighted by Gasteiger charge is 2.22. The van der Waals surface area contributed by atoms with E-state index in [-0.39, 0.29) is 11.8 Å². The van der Waals surface area contributed by atoms with Gasteiger partial charge in [0.2, 0.25) is 5.91 Å². The van der Waals surface area contributed by atoms with E-state index in [9.17, 15) is 4.79 Å². The SMILES string of the molecule is COc1ccc(-c2nc(NC(=O)C3CCCCC3)sc2C)cc1. The molecule has 5 heteroatoms. The number of nitrogens with one attached hydrogen (secondary N) is 1. The molecule has 1 heterocycles. The van der Waals surface area contributed by atoms with E-state index in [4.69, 9.17) is 4.74 Å². The Balaban J connectivity index is 1.73. The van der Waals surface area contributed by atoms with Gasteiger partial charge in [0.1, 0.15) is 5.75 Å². The first kappa shape index (κ1) is 16.0. The Bertz CT molecular complexity index is 673. The maximum atomic E-state index is 12.3. The molecule has 2 aromatic rings. The van der Waals surface area contributed by atoms with E-state index < -0.39 is 0 Å². The van der Waals surface area contributed by atoms with Crippen molar-refractivity contribution < 1.29 is 9.53 Å². The summed E-state index contributed by atoms with van der Waals surface area (Å²) in [5.41, 5.74) is 1.97. The molecule has 1 aromatic carbocycles. The molecule has 1 aliphatic rings. The number of hydrogen-bond acceptors (Lipinski definition) is 4. The number of thiazole rings is 1. The molecule has 1 N–H and O–H groups in total. The second-order valence-corrected chi connectivity index (χ2v) is 7.18. The van der Waals surface area contributed by atoms with Crippen LogP contribution < -0.4 is 10.1 Å². The molecule has 0 radical (unpaired) electrons. The lowest BCUT2D eigenvalue weighted by Gasteiger charge is -2.19. The minimum Gasteiger partial charge on any atom is -0.497 e. The maximum Gasteiger partial charge on any atom is 0.229 e. The molecule has 1 fully saturated rings. The van der Waals surface area contributed by atoms with Crippen molar-refractivity contribution in [3.05, 3.63) is 29.1 Å². The van der Waals surface area contributed by atoms with Gasteiger partial charge < -0.3 is 10.1 Å². The number of nitrogens with zero attached hydrogens (tertiary/aromatic N) is 1. The molecule has 4 nitrogen and oxygen atoms in total. The Morgan fingerprint density at radius 3 is 2.57 bits per heavy atom.